The summed E-state index contributed by atoms with van der Waals surface area (Å²) in [5, 5.41) is 3.78. The first-order valence-electron chi connectivity index (χ1n) is 5.28. The van der Waals surface area contributed by atoms with Crippen molar-refractivity contribution in [3.8, 4) is 11.5 Å². The van der Waals surface area contributed by atoms with E-state index in [1.54, 1.807) is 0 Å². The Hall–Kier alpha value is -1.82. The molecular formula is C11H13FN4O. The second kappa shape index (κ2) is 4.58. The van der Waals surface area contributed by atoms with Crippen molar-refractivity contribution in [3.63, 3.8) is 0 Å². The van der Waals surface area contributed by atoms with E-state index in [0.717, 1.165) is 6.20 Å². The molecule has 17 heavy (non-hydrogen) atoms. The van der Waals surface area contributed by atoms with E-state index in [9.17, 15) is 4.39 Å². The summed E-state index contributed by atoms with van der Waals surface area (Å²) in [5.41, 5.74) is 6.33. The van der Waals surface area contributed by atoms with Crippen molar-refractivity contribution in [2.75, 3.05) is 0 Å². The number of nitrogens with zero attached hydrogens (tertiary/aromatic N) is 3. The zero-order valence-electron chi connectivity index (χ0n) is 9.59. The molecule has 0 spiro atoms. The van der Waals surface area contributed by atoms with Crippen LogP contribution in [0, 0.1) is 11.7 Å². The summed E-state index contributed by atoms with van der Waals surface area (Å²) >= 11 is 0. The van der Waals surface area contributed by atoms with Crippen LogP contribution in [0.3, 0.4) is 0 Å². The number of hydrogen-bond acceptors (Lipinski definition) is 5. The fraction of sp³-hybridized carbons (Fsp3) is 0.364. The smallest absolute Gasteiger partial charge is 0.259 e. The normalized spacial score (nSPS) is 13.0. The topological polar surface area (TPSA) is 77.8 Å². The highest BCUT2D eigenvalue weighted by Gasteiger charge is 2.18. The van der Waals surface area contributed by atoms with Gasteiger partial charge in [-0.1, -0.05) is 19.0 Å². The lowest BCUT2D eigenvalue weighted by atomic mass is 10.1. The predicted octanol–water partition coefficient (Wildman–Crippen LogP) is 1.93. The highest BCUT2D eigenvalue weighted by Crippen LogP contribution is 2.21. The molecule has 0 saturated carbocycles. The average molecular weight is 236 g/mol. The third-order valence-electron chi connectivity index (χ3n) is 2.41. The van der Waals surface area contributed by atoms with Crippen molar-refractivity contribution in [2.24, 2.45) is 11.7 Å². The van der Waals surface area contributed by atoms with Gasteiger partial charge < -0.3 is 10.3 Å². The molecule has 6 heteroatoms. The Kier molecular flexibility index (Phi) is 3.14. The summed E-state index contributed by atoms with van der Waals surface area (Å²) < 4.78 is 18.0. The number of nitrogens with two attached hydrogens (primary N) is 1. The molecule has 2 rings (SSSR count). The fourth-order valence-corrected chi connectivity index (χ4v) is 1.31. The van der Waals surface area contributed by atoms with E-state index in [-0.39, 0.29) is 17.9 Å². The van der Waals surface area contributed by atoms with Gasteiger partial charge in [-0.2, -0.15) is 4.98 Å². The number of aromatic nitrogens is 3. The van der Waals surface area contributed by atoms with Crippen LogP contribution in [0.25, 0.3) is 11.5 Å². The van der Waals surface area contributed by atoms with E-state index < -0.39 is 5.82 Å². The fourth-order valence-electron chi connectivity index (χ4n) is 1.31. The molecule has 0 saturated heterocycles. The van der Waals surface area contributed by atoms with E-state index in [0.29, 0.717) is 11.4 Å². The Morgan fingerprint density at radius 3 is 2.76 bits per heavy atom. The minimum absolute atomic E-state index is 0.200. The molecule has 0 amide bonds. The molecule has 0 radical (unpaired) electrons. The van der Waals surface area contributed by atoms with Crippen LogP contribution in [-0.2, 0) is 0 Å². The van der Waals surface area contributed by atoms with E-state index in [4.69, 9.17) is 10.3 Å². The molecule has 90 valence electrons. The van der Waals surface area contributed by atoms with Gasteiger partial charge in [0.1, 0.15) is 5.82 Å². The van der Waals surface area contributed by atoms with E-state index in [1.807, 2.05) is 13.8 Å². The van der Waals surface area contributed by atoms with Crippen molar-refractivity contribution in [2.45, 2.75) is 19.9 Å². The maximum absolute atomic E-state index is 13.0. The van der Waals surface area contributed by atoms with Crippen molar-refractivity contribution < 1.29 is 8.91 Å². The first-order valence-corrected chi connectivity index (χ1v) is 5.28. The zero-order chi connectivity index (χ0) is 12.4. The average Bonchev–Trinajstić information content (AvgIpc) is 2.77. The second-order valence-corrected chi connectivity index (χ2v) is 4.12. The van der Waals surface area contributed by atoms with Crippen molar-refractivity contribution >= 4 is 0 Å². The van der Waals surface area contributed by atoms with Crippen LogP contribution < -0.4 is 5.73 Å². The Labute approximate surface area is 97.9 Å². The van der Waals surface area contributed by atoms with Gasteiger partial charge in [0.05, 0.1) is 17.8 Å². The molecule has 2 aromatic rings. The third-order valence-corrected chi connectivity index (χ3v) is 2.41. The Bertz CT molecular complexity index is 512. The largest absolute Gasteiger partial charge is 0.334 e. The second-order valence-electron chi connectivity index (χ2n) is 4.12. The molecule has 2 N–H and O–H groups in total. The summed E-state index contributed by atoms with van der Waals surface area (Å²) in [4.78, 5) is 7.85. The third kappa shape index (κ3) is 2.47. The lowest BCUT2D eigenvalue weighted by Gasteiger charge is -2.09. The summed E-state index contributed by atoms with van der Waals surface area (Å²) in [6.45, 7) is 3.93. The zero-order valence-corrected chi connectivity index (χ0v) is 9.59. The lowest BCUT2D eigenvalue weighted by Crippen LogP contribution is -2.18. The molecule has 5 nitrogen and oxygen atoms in total. The molecule has 0 bridgehead atoms. The quantitative estimate of drug-likeness (QED) is 0.880. The van der Waals surface area contributed by atoms with Crippen LogP contribution in [0.2, 0.25) is 0 Å². The molecule has 0 fully saturated rings. The molecule has 0 aliphatic carbocycles. The predicted molar refractivity (Wildman–Crippen MR) is 59.3 cm³/mol. The summed E-state index contributed by atoms with van der Waals surface area (Å²) in [7, 11) is 0. The minimum Gasteiger partial charge on any atom is -0.334 e. The van der Waals surface area contributed by atoms with Crippen LogP contribution in [0.15, 0.2) is 23.0 Å². The van der Waals surface area contributed by atoms with Crippen LogP contribution in [0.4, 0.5) is 4.39 Å². The number of hydrogen-bond donors (Lipinski definition) is 1. The highest BCUT2D eigenvalue weighted by molar-refractivity contribution is 5.50. The van der Waals surface area contributed by atoms with Gasteiger partial charge in [0.15, 0.2) is 5.82 Å². The maximum Gasteiger partial charge on any atom is 0.259 e. The summed E-state index contributed by atoms with van der Waals surface area (Å²) in [5.74, 6) is 0.392. The Morgan fingerprint density at radius 1 is 1.35 bits per heavy atom. The van der Waals surface area contributed by atoms with Crippen LogP contribution >= 0.6 is 0 Å². The van der Waals surface area contributed by atoms with Gasteiger partial charge >= 0.3 is 0 Å². The van der Waals surface area contributed by atoms with Gasteiger partial charge in [0, 0.05) is 6.20 Å². The van der Waals surface area contributed by atoms with Gasteiger partial charge in [-0.05, 0) is 12.0 Å². The van der Waals surface area contributed by atoms with Gasteiger partial charge in [-0.15, -0.1) is 0 Å². The standard InChI is InChI=1S/C11H13FN4O/c1-6(2)9(13)10-15-11(17-16-10)7-3-8(12)5-14-4-7/h3-6,9H,13H2,1-2H3. The number of halogens is 1. The molecular weight excluding hydrogens is 223 g/mol. The van der Waals surface area contributed by atoms with Crippen molar-refractivity contribution in [1.82, 2.24) is 15.1 Å². The van der Waals surface area contributed by atoms with E-state index >= 15 is 0 Å². The monoisotopic (exact) mass is 236 g/mol. The minimum atomic E-state index is -0.449. The van der Waals surface area contributed by atoms with Gasteiger partial charge in [0.2, 0.25) is 0 Å². The van der Waals surface area contributed by atoms with E-state index in [2.05, 4.69) is 15.1 Å². The van der Waals surface area contributed by atoms with Crippen LogP contribution in [0.1, 0.15) is 25.7 Å². The SMILES string of the molecule is CC(C)C(N)c1noc(-c2cncc(F)c2)n1. The lowest BCUT2D eigenvalue weighted by molar-refractivity contribution is 0.400. The van der Waals surface area contributed by atoms with Crippen LogP contribution in [-0.4, -0.2) is 15.1 Å². The van der Waals surface area contributed by atoms with Crippen molar-refractivity contribution in [3.05, 3.63) is 30.1 Å². The first kappa shape index (κ1) is 11.7. The van der Waals surface area contributed by atoms with Gasteiger partial charge in [0.25, 0.3) is 5.89 Å². The maximum atomic E-state index is 13.0. The molecule has 0 aromatic carbocycles. The highest BCUT2D eigenvalue weighted by atomic mass is 19.1. The molecule has 0 aliphatic heterocycles. The molecule has 0 aliphatic rings. The van der Waals surface area contributed by atoms with Gasteiger partial charge in [-0.25, -0.2) is 4.39 Å². The van der Waals surface area contributed by atoms with Crippen LogP contribution in [0.5, 0.6) is 0 Å². The summed E-state index contributed by atoms with van der Waals surface area (Å²) in [6.07, 6.45) is 2.57. The molecule has 2 aromatic heterocycles. The first-order chi connectivity index (χ1) is 8.08. The number of pyridine rings is 1. The van der Waals surface area contributed by atoms with Crippen molar-refractivity contribution in [1.29, 1.82) is 0 Å². The molecule has 2 heterocycles. The number of rotatable bonds is 3. The Balaban J connectivity index is 2.30. The Morgan fingerprint density at radius 2 is 2.12 bits per heavy atom. The summed E-state index contributed by atoms with van der Waals surface area (Å²) in [6, 6.07) is 0.986. The molecule has 1 unspecified atom stereocenters. The van der Waals surface area contributed by atoms with Gasteiger partial charge in [-0.3, -0.25) is 4.98 Å². The molecule has 1 atom stereocenters. The van der Waals surface area contributed by atoms with E-state index in [1.165, 1.54) is 12.3 Å².